The minimum absolute atomic E-state index is 0.139. The topological polar surface area (TPSA) is 26.0 Å². The molecule has 0 amide bonds. The molecule has 0 heterocycles. The molecule has 2 N–H and O–H groups in total. The molecule has 0 aromatic heterocycles. The zero-order valence-electron chi connectivity index (χ0n) is 9.76. The average Bonchev–Trinajstić information content (AvgIpc) is 2.49. The molecule has 0 radical (unpaired) electrons. The summed E-state index contributed by atoms with van der Waals surface area (Å²) in [6.45, 7) is 0. The number of allylic oxidation sites excluding steroid dienone is 1. The molecule has 0 bridgehead atoms. The van der Waals surface area contributed by atoms with Gasteiger partial charge in [-0.3, -0.25) is 0 Å². The van der Waals surface area contributed by atoms with E-state index in [-0.39, 0.29) is 16.9 Å². The normalized spacial score (nSPS) is 20.9. The van der Waals surface area contributed by atoms with E-state index in [1.165, 1.54) is 11.6 Å². The van der Waals surface area contributed by atoms with E-state index in [0.717, 1.165) is 31.2 Å². The summed E-state index contributed by atoms with van der Waals surface area (Å²) in [6, 6.07) is 5.11. The summed E-state index contributed by atoms with van der Waals surface area (Å²) in [7, 11) is 0. The molecule has 1 aliphatic carbocycles. The average molecular weight is 254 g/mol. The molecule has 0 saturated carbocycles. The highest BCUT2D eigenvalue weighted by Gasteiger charge is 2.11. The van der Waals surface area contributed by atoms with Crippen molar-refractivity contribution < 1.29 is 4.39 Å². The number of benzene rings is 1. The zero-order valence-corrected chi connectivity index (χ0v) is 10.5. The van der Waals surface area contributed by atoms with Gasteiger partial charge in [0.25, 0.3) is 0 Å². The highest BCUT2D eigenvalue weighted by Crippen LogP contribution is 2.26. The minimum atomic E-state index is -0.345. The number of hydrogen-bond donors (Lipinski definition) is 1. The van der Waals surface area contributed by atoms with Crippen molar-refractivity contribution in [3.05, 3.63) is 46.3 Å². The second-order valence-electron chi connectivity index (χ2n) is 4.62. The Hall–Kier alpha value is -0.860. The van der Waals surface area contributed by atoms with E-state index in [1.807, 2.05) is 6.07 Å². The smallest absolute Gasteiger partial charge is 0.142 e. The standard InChI is InChI=1S/C14H17ClFN/c15-14-11(5-3-7-13(14)16)8-10-4-1-2-6-12(17)9-10/h3,5,7,9,12H,1-2,4,6,8,17H2. The van der Waals surface area contributed by atoms with Crippen LogP contribution >= 0.6 is 11.6 Å². The van der Waals surface area contributed by atoms with E-state index in [4.69, 9.17) is 17.3 Å². The first kappa shape index (κ1) is 12.6. The van der Waals surface area contributed by atoms with Crippen LogP contribution in [0.4, 0.5) is 4.39 Å². The Labute approximate surface area is 106 Å². The number of nitrogens with two attached hydrogens (primary N) is 1. The summed E-state index contributed by atoms with van der Waals surface area (Å²) in [5.41, 5.74) is 8.10. The predicted octanol–water partition coefficient (Wildman–Crippen LogP) is 3.85. The van der Waals surface area contributed by atoms with Gasteiger partial charge in [-0.05, 0) is 37.3 Å². The molecule has 0 aliphatic heterocycles. The molecule has 3 heteroatoms. The van der Waals surface area contributed by atoms with Crippen LogP contribution in [0, 0.1) is 5.82 Å². The lowest BCUT2D eigenvalue weighted by molar-refractivity contribution is 0.626. The molecule has 1 atom stereocenters. The van der Waals surface area contributed by atoms with Crippen molar-refractivity contribution in [1.82, 2.24) is 0 Å². The number of hydrogen-bond acceptors (Lipinski definition) is 1. The van der Waals surface area contributed by atoms with Crippen LogP contribution in [0.1, 0.15) is 31.2 Å². The fourth-order valence-corrected chi connectivity index (χ4v) is 2.47. The molecule has 0 fully saturated rings. The summed E-state index contributed by atoms with van der Waals surface area (Å²) in [5.74, 6) is -0.345. The molecular weight excluding hydrogens is 237 g/mol. The van der Waals surface area contributed by atoms with Crippen LogP contribution in [-0.2, 0) is 6.42 Å². The van der Waals surface area contributed by atoms with Gasteiger partial charge in [0.2, 0.25) is 0 Å². The van der Waals surface area contributed by atoms with E-state index in [0.29, 0.717) is 6.42 Å². The van der Waals surface area contributed by atoms with E-state index >= 15 is 0 Å². The molecule has 0 saturated heterocycles. The number of halogens is 2. The predicted molar refractivity (Wildman–Crippen MR) is 69.6 cm³/mol. The van der Waals surface area contributed by atoms with Crippen molar-refractivity contribution in [1.29, 1.82) is 0 Å². The van der Waals surface area contributed by atoms with Crippen LogP contribution in [0.15, 0.2) is 29.8 Å². The second-order valence-corrected chi connectivity index (χ2v) is 5.00. The van der Waals surface area contributed by atoms with Crippen LogP contribution in [0.3, 0.4) is 0 Å². The van der Waals surface area contributed by atoms with E-state index in [1.54, 1.807) is 6.07 Å². The lowest BCUT2D eigenvalue weighted by Crippen LogP contribution is -2.16. The molecule has 1 unspecified atom stereocenters. The summed E-state index contributed by atoms with van der Waals surface area (Å²) < 4.78 is 13.3. The van der Waals surface area contributed by atoms with Gasteiger partial charge in [-0.2, -0.15) is 0 Å². The van der Waals surface area contributed by atoms with Crippen molar-refractivity contribution in [2.75, 3.05) is 0 Å². The van der Waals surface area contributed by atoms with Gasteiger partial charge in [-0.15, -0.1) is 0 Å². The van der Waals surface area contributed by atoms with Crippen molar-refractivity contribution >= 4 is 11.6 Å². The third-order valence-corrected chi connectivity index (χ3v) is 3.61. The molecule has 17 heavy (non-hydrogen) atoms. The summed E-state index contributed by atoms with van der Waals surface area (Å²) in [6.07, 6.45) is 7.24. The van der Waals surface area contributed by atoms with E-state index in [9.17, 15) is 4.39 Å². The zero-order chi connectivity index (χ0) is 12.3. The Balaban J connectivity index is 2.17. The Morgan fingerprint density at radius 2 is 2.18 bits per heavy atom. The highest BCUT2D eigenvalue weighted by molar-refractivity contribution is 6.31. The lowest BCUT2D eigenvalue weighted by atomic mass is 10.0. The first-order valence-corrected chi connectivity index (χ1v) is 6.42. The summed E-state index contributed by atoms with van der Waals surface area (Å²) >= 11 is 5.96. The van der Waals surface area contributed by atoms with E-state index in [2.05, 4.69) is 6.08 Å². The maximum atomic E-state index is 13.3. The van der Waals surface area contributed by atoms with Gasteiger partial charge in [0, 0.05) is 6.04 Å². The second kappa shape index (κ2) is 5.65. The Morgan fingerprint density at radius 1 is 1.35 bits per heavy atom. The Bertz CT molecular complexity index is 428. The van der Waals surface area contributed by atoms with Gasteiger partial charge in [-0.25, -0.2) is 4.39 Å². The quantitative estimate of drug-likeness (QED) is 0.796. The first-order chi connectivity index (χ1) is 8.16. The molecule has 1 nitrogen and oxygen atoms in total. The van der Waals surface area contributed by atoms with Gasteiger partial charge in [-0.1, -0.05) is 41.8 Å². The molecule has 0 spiro atoms. The van der Waals surface area contributed by atoms with Crippen LogP contribution in [0.2, 0.25) is 5.02 Å². The van der Waals surface area contributed by atoms with Crippen LogP contribution in [-0.4, -0.2) is 6.04 Å². The van der Waals surface area contributed by atoms with E-state index < -0.39 is 0 Å². The molecule has 2 rings (SSSR count). The Morgan fingerprint density at radius 3 is 3.00 bits per heavy atom. The van der Waals surface area contributed by atoms with Crippen LogP contribution < -0.4 is 5.73 Å². The highest BCUT2D eigenvalue weighted by atomic mass is 35.5. The summed E-state index contributed by atoms with van der Waals surface area (Å²) in [5, 5.41) is 0.242. The molecule has 92 valence electrons. The van der Waals surface area contributed by atoms with Crippen molar-refractivity contribution in [3.8, 4) is 0 Å². The van der Waals surface area contributed by atoms with Gasteiger partial charge in [0.1, 0.15) is 5.82 Å². The van der Waals surface area contributed by atoms with Gasteiger partial charge in [0.05, 0.1) is 5.02 Å². The minimum Gasteiger partial charge on any atom is -0.324 e. The fraction of sp³-hybridized carbons (Fsp3) is 0.429. The van der Waals surface area contributed by atoms with Crippen LogP contribution in [0.25, 0.3) is 0 Å². The first-order valence-electron chi connectivity index (χ1n) is 6.05. The number of rotatable bonds is 2. The molecule has 1 aliphatic rings. The van der Waals surface area contributed by atoms with Crippen molar-refractivity contribution in [2.24, 2.45) is 5.73 Å². The maximum absolute atomic E-state index is 13.3. The molecule has 1 aromatic rings. The van der Waals surface area contributed by atoms with Gasteiger partial charge < -0.3 is 5.73 Å². The van der Waals surface area contributed by atoms with Gasteiger partial charge in [0.15, 0.2) is 0 Å². The largest absolute Gasteiger partial charge is 0.324 e. The van der Waals surface area contributed by atoms with Crippen molar-refractivity contribution in [2.45, 2.75) is 38.1 Å². The third kappa shape index (κ3) is 3.30. The SMILES string of the molecule is NC1C=C(Cc2cccc(F)c2Cl)CCCC1. The molecular formula is C14H17ClFN. The molecule has 1 aromatic carbocycles. The lowest BCUT2D eigenvalue weighted by Gasteiger charge is -2.09. The van der Waals surface area contributed by atoms with Crippen LogP contribution in [0.5, 0.6) is 0 Å². The maximum Gasteiger partial charge on any atom is 0.142 e. The third-order valence-electron chi connectivity index (χ3n) is 3.18. The summed E-state index contributed by atoms with van der Waals surface area (Å²) in [4.78, 5) is 0. The van der Waals surface area contributed by atoms with Gasteiger partial charge >= 0.3 is 0 Å². The van der Waals surface area contributed by atoms with Crippen molar-refractivity contribution in [3.63, 3.8) is 0 Å². The Kier molecular flexibility index (Phi) is 4.19. The fourth-order valence-electron chi connectivity index (χ4n) is 2.28. The monoisotopic (exact) mass is 253 g/mol.